The van der Waals surface area contributed by atoms with E-state index in [1.807, 2.05) is 0 Å². The van der Waals surface area contributed by atoms with Crippen molar-refractivity contribution in [3.05, 3.63) is 63.3 Å². The number of pyridine rings is 1. The van der Waals surface area contributed by atoms with Crippen LogP contribution in [0.15, 0.2) is 35.3 Å². The first-order valence-electron chi connectivity index (χ1n) is 12.7. The molecule has 1 aliphatic heterocycles. The zero-order valence-electron chi connectivity index (χ0n) is 20.4. The maximum Gasteiger partial charge on any atom is 0.266 e. The fraction of sp³-hybridized carbons (Fsp3) is 0.556. The molecule has 2 heterocycles. The second kappa shape index (κ2) is 8.36. The Balaban J connectivity index is 1.27. The summed E-state index contributed by atoms with van der Waals surface area (Å²) in [6, 6.07) is 4.77. The van der Waals surface area contributed by atoms with Gasteiger partial charge in [0.25, 0.3) is 17.9 Å². The van der Waals surface area contributed by atoms with Gasteiger partial charge in [-0.05, 0) is 56.9 Å². The number of piperidine rings is 1. The van der Waals surface area contributed by atoms with E-state index in [-0.39, 0.29) is 23.2 Å². The largest absolute Gasteiger partial charge is 0.381 e. The van der Waals surface area contributed by atoms with Gasteiger partial charge in [0.1, 0.15) is 5.82 Å². The quantitative estimate of drug-likeness (QED) is 0.588. The Labute approximate surface area is 207 Å². The van der Waals surface area contributed by atoms with Gasteiger partial charge < -0.3 is 20.1 Å². The van der Waals surface area contributed by atoms with Crippen LogP contribution in [0.4, 0.5) is 18.9 Å². The van der Waals surface area contributed by atoms with E-state index < -0.39 is 29.8 Å². The summed E-state index contributed by atoms with van der Waals surface area (Å²) in [5.74, 6) is -0.508. The standard InChI is InChI=1S/C27H31F3N4O2/c1-14(16-4-3-5-17(23(16)28)25(29)30)31-26(36)20-13-34(15-9-27(10-15)6-7-27)22(35)8-21(20)32-24-18-11-33(2)12-19(18)24/h3-5,8,13-15,18-19,24-25,32H,6-7,9-12H2,1-2H3,(H,31,36)/t14-,18-,19+,24?/m1/s1. The second-order valence-electron chi connectivity index (χ2n) is 11.4. The van der Waals surface area contributed by atoms with E-state index in [9.17, 15) is 22.8 Å². The average molecular weight is 501 g/mol. The fourth-order valence-electron chi connectivity index (χ4n) is 6.41. The molecule has 2 N–H and O–H groups in total. The van der Waals surface area contributed by atoms with Crippen molar-refractivity contribution in [1.82, 2.24) is 14.8 Å². The molecule has 1 unspecified atom stereocenters. The molecule has 6 rings (SSSR count). The minimum atomic E-state index is -2.94. The number of carbonyl (C=O) groups excluding carboxylic acids is 1. The van der Waals surface area contributed by atoms with Crippen LogP contribution in [0.5, 0.6) is 0 Å². The summed E-state index contributed by atoms with van der Waals surface area (Å²) in [7, 11) is 2.08. The van der Waals surface area contributed by atoms with Crippen molar-refractivity contribution in [3.8, 4) is 0 Å². The number of hydrogen-bond donors (Lipinski definition) is 2. The summed E-state index contributed by atoms with van der Waals surface area (Å²) in [5, 5.41) is 6.21. The molecule has 6 nitrogen and oxygen atoms in total. The number of benzene rings is 1. The van der Waals surface area contributed by atoms with Gasteiger partial charge in [0.2, 0.25) is 0 Å². The minimum Gasteiger partial charge on any atom is -0.381 e. The van der Waals surface area contributed by atoms with Gasteiger partial charge in [0.05, 0.1) is 22.9 Å². The number of nitrogens with zero attached hydrogens (tertiary/aromatic N) is 2. The highest BCUT2D eigenvalue weighted by Gasteiger charge is 2.55. The maximum absolute atomic E-state index is 14.7. The topological polar surface area (TPSA) is 66.4 Å². The predicted octanol–water partition coefficient (Wildman–Crippen LogP) is 4.50. The number of hydrogen-bond acceptors (Lipinski definition) is 4. The van der Waals surface area contributed by atoms with Gasteiger partial charge in [-0.2, -0.15) is 0 Å². The maximum atomic E-state index is 14.7. The first-order chi connectivity index (χ1) is 17.2. The molecule has 1 saturated heterocycles. The van der Waals surface area contributed by atoms with Crippen LogP contribution in [0, 0.1) is 23.1 Å². The van der Waals surface area contributed by atoms with Crippen LogP contribution in [-0.2, 0) is 0 Å². The van der Waals surface area contributed by atoms with Gasteiger partial charge in [0, 0.05) is 43.0 Å². The summed E-state index contributed by atoms with van der Waals surface area (Å²) >= 11 is 0. The third kappa shape index (κ3) is 4.01. The molecule has 1 amide bonds. The van der Waals surface area contributed by atoms with Crippen molar-refractivity contribution >= 4 is 11.6 Å². The normalized spacial score (nSPS) is 27.0. The number of anilines is 1. The Morgan fingerprint density at radius 1 is 1.14 bits per heavy atom. The van der Waals surface area contributed by atoms with Crippen LogP contribution in [0.25, 0.3) is 0 Å². The summed E-state index contributed by atoms with van der Waals surface area (Å²) in [4.78, 5) is 28.8. The third-order valence-electron chi connectivity index (χ3n) is 8.82. The Bertz CT molecular complexity index is 1250. The van der Waals surface area contributed by atoms with Crippen LogP contribution in [0.1, 0.15) is 72.6 Å². The Morgan fingerprint density at radius 3 is 2.44 bits per heavy atom. The van der Waals surface area contributed by atoms with E-state index >= 15 is 0 Å². The molecule has 0 radical (unpaired) electrons. The van der Waals surface area contributed by atoms with Crippen molar-refractivity contribution in [1.29, 1.82) is 0 Å². The lowest BCUT2D eigenvalue weighted by Crippen LogP contribution is -2.37. The number of likely N-dealkylation sites (tertiary alicyclic amines) is 1. The van der Waals surface area contributed by atoms with Crippen molar-refractivity contribution in [2.45, 2.75) is 57.2 Å². The molecule has 4 fully saturated rings. The van der Waals surface area contributed by atoms with Crippen molar-refractivity contribution in [3.63, 3.8) is 0 Å². The second-order valence-corrected chi connectivity index (χ2v) is 11.4. The Morgan fingerprint density at radius 2 is 1.81 bits per heavy atom. The lowest BCUT2D eigenvalue weighted by atomic mass is 9.76. The van der Waals surface area contributed by atoms with E-state index in [1.54, 1.807) is 17.7 Å². The van der Waals surface area contributed by atoms with Gasteiger partial charge in [-0.1, -0.05) is 18.2 Å². The van der Waals surface area contributed by atoms with Crippen LogP contribution >= 0.6 is 0 Å². The van der Waals surface area contributed by atoms with Crippen LogP contribution in [-0.4, -0.2) is 41.6 Å². The van der Waals surface area contributed by atoms with Gasteiger partial charge in [-0.3, -0.25) is 9.59 Å². The number of nitrogens with one attached hydrogen (secondary N) is 2. The molecule has 192 valence electrons. The lowest BCUT2D eigenvalue weighted by Gasteiger charge is -2.37. The highest BCUT2D eigenvalue weighted by Crippen LogP contribution is 2.64. The van der Waals surface area contributed by atoms with E-state index in [0.717, 1.165) is 32.0 Å². The molecule has 2 aromatic rings. The lowest BCUT2D eigenvalue weighted by molar-refractivity contribution is 0.0938. The zero-order chi connectivity index (χ0) is 25.4. The Kier molecular flexibility index (Phi) is 5.48. The van der Waals surface area contributed by atoms with Crippen LogP contribution in [0.3, 0.4) is 0 Å². The summed E-state index contributed by atoms with van der Waals surface area (Å²) in [6.45, 7) is 3.52. The summed E-state index contributed by atoms with van der Waals surface area (Å²) in [5.41, 5.74) is 0.364. The molecular formula is C27H31F3N4O2. The van der Waals surface area contributed by atoms with Crippen LogP contribution in [0.2, 0.25) is 0 Å². The zero-order valence-corrected chi connectivity index (χ0v) is 20.4. The SMILES string of the molecule is C[C@@H](NC(=O)c1cn(C2CC3(CC3)C2)c(=O)cc1NC1[C@H]2CN(C)C[C@@H]12)c1cccc(C(F)F)c1F. The Hall–Kier alpha value is -2.81. The highest BCUT2D eigenvalue weighted by atomic mass is 19.3. The molecule has 1 aromatic carbocycles. The van der Waals surface area contributed by atoms with E-state index in [4.69, 9.17) is 0 Å². The molecule has 0 bridgehead atoms. The number of rotatable bonds is 7. The van der Waals surface area contributed by atoms with E-state index in [2.05, 4.69) is 22.6 Å². The number of fused-ring (bicyclic) bond motifs is 1. The molecule has 4 aliphatic rings. The number of alkyl halides is 2. The number of carbonyl (C=O) groups is 1. The first kappa shape index (κ1) is 23.6. The van der Waals surface area contributed by atoms with Gasteiger partial charge in [0.15, 0.2) is 0 Å². The number of halogens is 3. The minimum absolute atomic E-state index is 0.00147. The predicted molar refractivity (Wildman–Crippen MR) is 130 cm³/mol. The molecule has 1 aromatic heterocycles. The highest BCUT2D eigenvalue weighted by molar-refractivity contribution is 5.99. The van der Waals surface area contributed by atoms with E-state index in [1.165, 1.54) is 31.0 Å². The molecule has 9 heteroatoms. The summed E-state index contributed by atoms with van der Waals surface area (Å²) < 4.78 is 42.7. The van der Waals surface area contributed by atoms with Crippen molar-refractivity contribution in [2.24, 2.45) is 17.3 Å². The van der Waals surface area contributed by atoms with Crippen LogP contribution < -0.4 is 16.2 Å². The van der Waals surface area contributed by atoms with Gasteiger partial charge in [-0.25, -0.2) is 13.2 Å². The molecular weight excluding hydrogens is 469 g/mol. The molecule has 4 atom stereocenters. The van der Waals surface area contributed by atoms with Crippen molar-refractivity contribution < 1.29 is 18.0 Å². The molecule has 3 saturated carbocycles. The van der Waals surface area contributed by atoms with Crippen molar-refractivity contribution in [2.75, 3.05) is 25.5 Å². The monoisotopic (exact) mass is 500 g/mol. The van der Waals surface area contributed by atoms with Gasteiger partial charge in [-0.15, -0.1) is 0 Å². The summed E-state index contributed by atoms with van der Waals surface area (Å²) in [6.07, 6.45) is 2.98. The van der Waals surface area contributed by atoms with Gasteiger partial charge >= 0.3 is 0 Å². The third-order valence-corrected chi connectivity index (χ3v) is 8.82. The number of aromatic nitrogens is 1. The first-order valence-corrected chi connectivity index (χ1v) is 12.7. The van der Waals surface area contributed by atoms with E-state index in [0.29, 0.717) is 28.5 Å². The molecule has 3 aliphatic carbocycles. The fourth-order valence-corrected chi connectivity index (χ4v) is 6.41. The number of amides is 1. The average Bonchev–Trinajstić information content (AvgIpc) is 3.68. The molecule has 1 spiro atoms. The smallest absolute Gasteiger partial charge is 0.266 e. The molecule has 36 heavy (non-hydrogen) atoms.